The van der Waals surface area contributed by atoms with Crippen molar-refractivity contribution < 1.29 is 20.1 Å². The second-order valence-corrected chi connectivity index (χ2v) is 35.4. The van der Waals surface area contributed by atoms with Gasteiger partial charge in [0.25, 0.3) is 0 Å². The summed E-state index contributed by atoms with van der Waals surface area (Å²) in [5.41, 5.74) is 14.5. The quantitative estimate of drug-likeness (QED) is 0.194. The van der Waals surface area contributed by atoms with Crippen molar-refractivity contribution in [2.24, 2.45) is 0 Å². The zero-order valence-electron chi connectivity index (χ0n) is 21.5. The van der Waals surface area contributed by atoms with Crippen LogP contribution in [0.1, 0.15) is 43.5 Å². The van der Waals surface area contributed by atoms with Crippen molar-refractivity contribution in [3.05, 3.63) is 130 Å². The molecule has 6 rings (SSSR count). The van der Waals surface area contributed by atoms with Gasteiger partial charge in [0, 0.05) is 0 Å². The topological polar surface area (TPSA) is 0 Å². The Labute approximate surface area is 223 Å². The van der Waals surface area contributed by atoms with Crippen LogP contribution in [-0.4, -0.2) is 5.49 Å². The van der Waals surface area contributed by atoms with Gasteiger partial charge in [-0.25, -0.2) is 0 Å². The van der Waals surface area contributed by atoms with Gasteiger partial charge >= 0.3 is 225 Å². The summed E-state index contributed by atoms with van der Waals surface area (Å²) in [5.74, 6) is 0. The molecule has 0 saturated heterocycles. The average molecular weight is 647 g/mol. The number of benzene rings is 4. The summed E-state index contributed by atoms with van der Waals surface area (Å²) in [4.78, 5) is 0. The van der Waals surface area contributed by atoms with Crippen molar-refractivity contribution in [3.63, 3.8) is 0 Å². The Morgan fingerprint density at radius 3 is 1.33 bits per heavy atom. The predicted molar refractivity (Wildman–Crippen MR) is 154 cm³/mol. The van der Waals surface area contributed by atoms with Crippen molar-refractivity contribution >= 4 is 17.6 Å². The third-order valence-corrected chi connectivity index (χ3v) is 36.2. The van der Waals surface area contributed by atoms with Gasteiger partial charge in [-0.15, -0.1) is 0 Å². The molecule has 2 atom stereocenters. The molecule has 0 spiro atoms. The van der Waals surface area contributed by atoms with Crippen LogP contribution in [0.15, 0.2) is 108 Å². The molecule has 0 saturated carbocycles. The maximum absolute atomic E-state index is 2.62. The number of fused-ring (bicyclic) bond motifs is 2. The van der Waals surface area contributed by atoms with E-state index < -0.39 is 25.6 Å². The fourth-order valence-corrected chi connectivity index (χ4v) is 35.8. The molecule has 4 aromatic carbocycles. The number of hydrogen-bond acceptors (Lipinski definition) is 0. The summed E-state index contributed by atoms with van der Waals surface area (Å²) in [6.45, 7) is 10.1. The Kier molecular flexibility index (Phi) is 6.43. The first-order valence-corrected chi connectivity index (χ1v) is 25.0. The van der Waals surface area contributed by atoms with E-state index in [0.717, 1.165) is 0 Å². The Bertz CT molecular complexity index is 1440. The van der Waals surface area contributed by atoms with Gasteiger partial charge in [-0.2, -0.15) is 0 Å². The summed E-state index contributed by atoms with van der Waals surface area (Å²) in [6.07, 6.45) is 5.07. The van der Waals surface area contributed by atoms with E-state index >= 15 is 0 Å². The third-order valence-electron chi connectivity index (χ3n) is 7.93. The fourth-order valence-electron chi connectivity index (χ4n) is 6.41. The van der Waals surface area contributed by atoms with Gasteiger partial charge in [0.05, 0.1) is 0 Å². The molecule has 2 unspecified atom stereocenters. The number of allylic oxidation sites excluding steroid dienone is 2. The first-order valence-electron chi connectivity index (χ1n) is 12.9. The molecule has 2 aliphatic rings. The van der Waals surface area contributed by atoms with Crippen LogP contribution in [0.4, 0.5) is 0 Å². The van der Waals surface area contributed by atoms with Crippen LogP contribution >= 0.6 is 0 Å². The van der Waals surface area contributed by atoms with Crippen LogP contribution in [0, 0.1) is 0 Å². The Morgan fingerprint density at radius 2 is 0.944 bits per heavy atom. The zero-order chi connectivity index (χ0) is 24.8. The van der Waals surface area contributed by atoms with Crippen molar-refractivity contribution in [1.29, 1.82) is 0 Å². The van der Waals surface area contributed by atoms with Gasteiger partial charge in [-0.05, 0) is 0 Å². The van der Waals surface area contributed by atoms with Crippen LogP contribution in [0.2, 0.25) is 13.1 Å². The number of hydrogen-bond donors (Lipinski definition) is 0. The zero-order valence-corrected chi connectivity index (χ0v) is 26.1. The van der Waals surface area contributed by atoms with Crippen LogP contribution < -0.4 is 0 Å². The normalized spacial score (nSPS) is 17.8. The van der Waals surface area contributed by atoms with E-state index in [2.05, 4.69) is 136 Å². The van der Waals surface area contributed by atoms with E-state index in [1.165, 1.54) is 33.4 Å². The van der Waals surface area contributed by atoms with Crippen LogP contribution in [0.3, 0.4) is 0 Å². The van der Waals surface area contributed by atoms with Crippen LogP contribution in [0.5, 0.6) is 0 Å². The molecule has 0 fully saturated rings. The van der Waals surface area contributed by atoms with Crippen molar-refractivity contribution in [3.8, 4) is 22.3 Å². The minimum absolute atomic E-state index is 0.409. The SMILES string of the molecule is CC1=Cc2c(-c3ccccc3)cccc2[CH]1[Hf]([CH]1C(C)=Cc2c(-c3ccccc3)cccc21)=[Si](C)C. The average Bonchev–Trinajstić information content (AvgIpc) is 3.41. The van der Waals surface area contributed by atoms with Gasteiger partial charge in [0.1, 0.15) is 0 Å². The van der Waals surface area contributed by atoms with E-state index in [1.54, 1.807) is 22.3 Å². The molecular weight excluding hydrogens is 615 g/mol. The molecule has 0 N–H and O–H groups in total. The van der Waals surface area contributed by atoms with E-state index in [4.69, 9.17) is 0 Å². The monoisotopic (exact) mass is 648 g/mol. The molecule has 0 heterocycles. The fraction of sp³-hybridized carbons (Fsp3) is 0.176. The summed E-state index contributed by atoms with van der Waals surface area (Å²) in [7, 11) is 0. The maximum atomic E-state index is 2.62. The molecule has 0 bridgehead atoms. The molecule has 0 amide bonds. The van der Waals surface area contributed by atoms with Crippen LogP contribution in [-0.2, 0) is 20.1 Å². The third kappa shape index (κ3) is 3.99. The van der Waals surface area contributed by atoms with E-state index in [1.807, 2.05) is 0 Å². The predicted octanol–water partition coefficient (Wildman–Crippen LogP) is 9.51. The molecule has 4 aromatic rings. The summed E-state index contributed by atoms with van der Waals surface area (Å²) in [5, 5.41) is 0. The van der Waals surface area contributed by atoms with Crippen LogP contribution in [0.25, 0.3) is 34.4 Å². The van der Waals surface area contributed by atoms with Gasteiger partial charge in [0.15, 0.2) is 0 Å². The Morgan fingerprint density at radius 1 is 0.528 bits per heavy atom. The van der Waals surface area contributed by atoms with Crippen molar-refractivity contribution in [2.75, 3.05) is 0 Å². The van der Waals surface area contributed by atoms with Gasteiger partial charge in [-0.3, -0.25) is 0 Å². The molecule has 0 aliphatic heterocycles. The standard InChI is InChI=1S/2C16H13.C2H6Si.Hf/c2*1-12-10-14-8-5-9-15(16(14)11-12)13-6-3-2-4-7-13;1-3-2;/h2*2-11H,1H3;1-2H3;. The molecule has 176 valence electrons. The Hall–Kier alpha value is -2.55. The molecule has 36 heavy (non-hydrogen) atoms. The van der Waals surface area contributed by atoms with Gasteiger partial charge in [0.2, 0.25) is 0 Å². The second-order valence-electron chi connectivity index (χ2n) is 10.4. The number of rotatable bonds is 4. The van der Waals surface area contributed by atoms with E-state index in [9.17, 15) is 0 Å². The first-order chi connectivity index (χ1) is 17.5. The Balaban J connectivity index is 1.49. The summed E-state index contributed by atoms with van der Waals surface area (Å²) in [6, 6.07) is 36.0. The molecule has 0 nitrogen and oxygen atoms in total. The molecular formula is C34H32HfSi. The summed E-state index contributed by atoms with van der Waals surface area (Å²) >= 11 is -2.26. The van der Waals surface area contributed by atoms with Gasteiger partial charge in [-0.1, -0.05) is 0 Å². The van der Waals surface area contributed by atoms with E-state index in [-0.39, 0.29) is 0 Å². The van der Waals surface area contributed by atoms with E-state index in [0.29, 0.717) is 7.35 Å². The van der Waals surface area contributed by atoms with Crippen molar-refractivity contribution in [2.45, 2.75) is 34.3 Å². The molecule has 0 aromatic heterocycles. The van der Waals surface area contributed by atoms with Crippen molar-refractivity contribution in [1.82, 2.24) is 0 Å². The summed E-state index contributed by atoms with van der Waals surface area (Å²) < 4.78 is 1.36. The molecule has 0 radical (unpaired) electrons. The second kappa shape index (κ2) is 9.72. The molecule has 2 heteroatoms. The first kappa shape index (κ1) is 23.8. The minimum atomic E-state index is -2.26. The molecule has 2 aliphatic carbocycles. The van der Waals surface area contributed by atoms with Gasteiger partial charge < -0.3 is 0 Å².